The molecule has 4 rings (SSSR count). The molecule has 0 amide bonds. The van der Waals surface area contributed by atoms with Crippen LogP contribution in [0, 0.1) is 22.7 Å². The average molecular weight is 378 g/mol. The highest BCUT2D eigenvalue weighted by Gasteiger charge is 2.13. The third-order valence-electron chi connectivity index (χ3n) is 4.26. The summed E-state index contributed by atoms with van der Waals surface area (Å²) in [6.07, 6.45) is 3.79. The minimum Gasteiger partial charge on any atom is -0.240 e. The average Bonchev–Trinajstić information content (AvgIpc) is 3.42. The predicted octanol–water partition coefficient (Wildman–Crippen LogP) is 5.54. The van der Waals surface area contributed by atoms with Crippen LogP contribution >= 0.6 is 11.3 Å². The Labute approximate surface area is 166 Å². The van der Waals surface area contributed by atoms with Crippen LogP contribution < -0.4 is 0 Å². The van der Waals surface area contributed by atoms with Gasteiger partial charge in [0.2, 0.25) is 0 Å². The second kappa shape index (κ2) is 7.75. The van der Waals surface area contributed by atoms with E-state index in [0.29, 0.717) is 11.1 Å². The highest BCUT2D eigenvalue weighted by atomic mass is 32.1. The Kier molecular flexibility index (Phi) is 4.84. The fourth-order valence-corrected chi connectivity index (χ4v) is 3.60. The second-order valence-electron chi connectivity index (χ2n) is 6.05. The molecule has 0 radical (unpaired) electrons. The molecule has 0 bridgehead atoms. The first-order valence-corrected chi connectivity index (χ1v) is 9.48. The summed E-state index contributed by atoms with van der Waals surface area (Å²) in [6.45, 7) is 0. The smallest absolute Gasteiger partial charge is 0.110 e. The molecule has 2 aromatic heterocycles. The van der Waals surface area contributed by atoms with Gasteiger partial charge in [0.05, 0.1) is 33.8 Å². The summed E-state index contributed by atoms with van der Waals surface area (Å²) in [5, 5.41) is 25.4. The minimum atomic E-state index is 0.523. The summed E-state index contributed by atoms with van der Waals surface area (Å²) in [7, 11) is 0. The Morgan fingerprint density at radius 1 is 0.964 bits per heavy atom. The van der Waals surface area contributed by atoms with E-state index in [9.17, 15) is 5.26 Å². The number of allylic oxidation sites excluding steroid dienone is 1. The number of hydrogen-bond acceptors (Lipinski definition) is 4. The molecule has 0 saturated heterocycles. The van der Waals surface area contributed by atoms with Crippen molar-refractivity contribution in [2.45, 2.75) is 0 Å². The van der Waals surface area contributed by atoms with Crippen LogP contribution in [-0.2, 0) is 0 Å². The maximum absolute atomic E-state index is 9.70. The summed E-state index contributed by atoms with van der Waals surface area (Å²) in [5.74, 6) is 0. The lowest BCUT2D eigenvalue weighted by atomic mass is 10.0. The van der Waals surface area contributed by atoms with Crippen LogP contribution in [0.1, 0.15) is 16.7 Å². The van der Waals surface area contributed by atoms with Crippen molar-refractivity contribution in [2.75, 3.05) is 0 Å². The first-order valence-electron chi connectivity index (χ1n) is 8.60. The van der Waals surface area contributed by atoms with Crippen LogP contribution in [0.3, 0.4) is 0 Å². The summed E-state index contributed by atoms with van der Waals surface area (Å²) in [4.78, 5) is 1.04. The SMILES string of the molecule is N#CC(=Cc1cn(-c2ccccc2)nc1-c1cccs1)c1ccc(C#N)cc1. The number of nitrogens with zero attached hydrogens (tertiary/aromatic N) is 4. The maximum Gasteiger partial charge on any atom is 0.110 e. The lowest BCUT2D eigenvalue weighted by Crippen LogP contribution is -1.93. The molecule has 0 aliphatic rings. The maximum atomic E-state index is 9.70. The first kappa shape index (κ1) is 17.5. The quantitative estimate of drug-likeness (QED) is 0.438. The van der Waals surface area contributed by atoms with Crippen molar-refractivity contribution in [2.24, 2.45) is 0 Å². The van der Waals surface area contributed by atoms with Gasteiger partial charge in [0.15, 0.2) is 0 Å². The number of benzene rings is 2. The number of hydrogen-bond donors (Lipinski definition) is 0. The summed E-state index contributed by atoms with van der Waals surface area (Å²) in [5.41, 5.74) is 4.52. The van der Waals surface area contributed by atoms with Crippen LogP contribution in [0.2, 0.25) is 0 Å². The monoisotopic (exact) mass is 378 g/mol. The zero-order chi connectivity index (χ0) is 19.3. The molecule has 4 aromatic rings. The van der Waals surface area contributed by atoms with E-state index in [1.807, 2.05) is 64.8 Å². The molecule has 0 spiro atoms. The molecule has 0 unspecified atom stereocenters. The van der Waals surface area contributed by atoms with Gasteiger partial charge in [-0.25, -0.2) is 4.68 Å². The highest BCUT2D eigenvalue weighted by molar-refractivity contribution is 7.13. The van der Waals surface area contributed by atoms with E-state index in [0.717, 1.165) is 27.4 Å². The molecule has 0 aliphatic heterocycles. The number of nitriles is 2. The van der Waals surface area contributed by atoms with Gasteiger partial charge in [-0.15, -0.1) is 11.3 Å². The van der Waals surface area contributed by atoms with Crippen LogP contribution in [0.5, 0.6) is 0 Å². The molecule has 0 atom stereocenters. The molecule has 132 valence electrons. The molecule has 0 saturated carbocycles. The van der Waals surface area contributed by atoms with E-state index in [2.05, 4.69) is 12.1 Å². The van der Waals surface area contributed by atoms with E-state index in [-0.39, 0.29) is 0 Å². The highest BCUT2D eigenvalue weighted by Crippen LogP contribution is 2.30. The molecule has 0 aliphatic carbocycles. The first-order chi connectivity index (χ1) is 13.8. The van der Waals surface area contributed by atoms with Gasteiger partial charge < -0.3 is 0 Å². The van der Waals surface area contributed by atoms with Crippen molar-refractivity contribution in [1.82, 2.24) is 9.78 Å². The third kappa shape index (κ3) is 3.48. The van der Waals surface area contributed by atoms with Gasteiger partial charge in [-0.2, -0.15) is 15.6 Å². The van der Waals surface area contributed by atoms with Gasteiger partial charge >= 0.3 is 0 Å². The van der Waals surface area contributed by atoms with E-state index < -0.39 is 0 Å². The van der Waals surface area contributed by atoms with Crippen LogP contribution in [-0.4, -0.2) is 9.78 Å². The fourth-order valence-electron chi connectivity index (χ4n) is 2.87. The molecule has 5 heteroatoms. The van der Waals surface area contributed by atoms with Gasteiger partial charge in [-0.05, 0) is 47.4 Å². The zero-order valence-corrected chi connectivity index (χ0v) is 15.6. The predicted molar refractivity (Wildman–Crippen MR) is 112 cm³/mol. The van der Waals surface area contributed by atoms with E-state index in [1.54, 1.807) is 35.6 Å². The Morgan fingerprint density at radius 3 is 2.39 bits per heavy atom. The minimum absolute atomic E-state index is 0.523. The molecule has 2 heterocycles. The summed E-state index contributed by atoms with van der Waals surface area (Å²) < 4.78 is 1.83. The lowest BCUT2D eigenvalue weighted by Gasteiger charge is -2.00. The Morgan fingerprint density at radius 2 is 1.75 bits per heavy atom. The summed E-state index contributed by atoms with van der Waals surface area (Å²) >= 11 is 1.61. The molecule has 28 heavy (non-hydrogen) atoms. The fraction of sp³-hybridized carbons (Fsp3) is 0. The number of para-hydroxylation sites is 1. The molecular formula is C23H14N4S. The van der Waals surface area contributed by atoms with Crippen molar-refractivity contribution in [3.05, 3.63) is 95.0 Å². The Hall–Kier alpha value is -3.93. The molecule has 2 aromatic carbocycles. The molecular weight excluding hydrogens is 364 g/mol. The number of thiophene rings is 1. The largest absolute Gasteiger partial charge is 0.240 e. The molecule has 0 fully saturated rings. The van der Waals surface area contributed by atoms with Crippen molar-refractivity contribution in [1.29, 1.82) is 10.5 Å². The second-order valence-corrected chi connectivity index (χ2v) is 7.00. The van der Waals surface area contributed by atoms with Gasteiger partial charge in [-0.1, -0.05) is 36.4 Å². The van der Waals surface area contributed by atoms with E-state index in [1.165, 1.54) is 0 Å². The van der Waals surface area contributed by atoms with Crippen molar-refractivity contribution >= 4 is 23.0 Å². The van der Waals surface area contributed by atoms with Crippen LogP contribution in [0.15, 0.2) is 78.3 Å². The van der Waals surface area contributed by atoms with Crippen LogP contribution in [0.25, 0.3) is 27.9 Å². The summed E-state index contributed by atoms with van der Waals surface area (Å²) in [6, 6.07) is 25.3. The van der Waals surface area contributed by atoms with Gasteiger partial charge in [0.25, 0.3) is 0 Å². The lowest BCUT2D eigenvalue weighted by molar-refractivity contribution is 0.885. The van der Waals surface area contributed by atoms with Crippen molar-refractivity contribution in [3.63, 3.8) is 0 Å². The van der Waals surface area contributed by atoms with E-state index >= 15 is 0 Å². The number of rotatable bonds is 4. The Balaban J connectivity index is 1.83. The topological polar surface area (TPSA) is 65.4 Å². The Bertz CT molecular complexity index is 1200. The van der Waals surface area contributed by atoms with Gasteiger partial charge in [0.1, 0.15) is 5.69 Å². The third-order valence-corrected chi connectivity index (χ3v) is 5.14. The zero-order valence-electron chi connectivity index (χ0n) is 14.8. The van der Waals surface area contributed by atoms with Crippen molar-refractivity contribution in [3.8, 4) is 28.4 Å². The number of aromatic nitrogens is 2. The van der Waals surface area contributed by atoms with Crippen LogP contribution in [0.4, 0.5) is 0 Å². The van der Waals surface area contributed by atoms with Crippen molar-refractivity contribution < 1.29 is 0 Å². The standard InChI is InChI=1S/C23H14N4S/c24-14-17-8-10-18(11-9-17)19(15-25)13-20-16-27(21-5-2-1-3-6-21)26-23(20)22-7-4-12-28-22/h1-13,16H. The van der Waals surface area contributed by atoms with Gasteiger partial charge in [0, 0.05) is 11.8 Å². The normalized spacial score (nSPS) is 11.0. The van der Waals surface area contributed by atoms with E-state index in [4.69, 9.17) is 10.4 Å². The molecule has 4 nitrogen and oxygen atoms in total. The van der Waals surface area contributed by atoms with Gasteiger partial charge in [-0.3, -0.25) is 0 Å². The molecule has 0 N–H and O–H groups in total.